The van der Waals surface area contributed by atoms with E-state index < -0.39 is 0 Å². The monoisotopic (exact) mass is 784 g/mol. The maximum Gasteiger partial charge on any atom is 0.238 e. The number of hydrogen-bond donors (Lipinski definition) is 0. The molecule has 4 heterocycles. The van der Waals surface area contributed by atoms with Gasteiger partial charge in [-0.25, -0.2) is 15.0 Å². The molecule has 0 fully saturated rings. The second-order valence-corrected chi connectivity index (χ2v) is 15.0. The van der Waals surface area contributed by atoms with Crippen molar-refractivity contribution in [1.29, 1.82) is 0 Å². The minimum Gasteiger partial charge on any atom is -0.435 e. The van der Waals surface area contributed by atoms with Gasteiger partial charge in [-0.05, 0) is 71.6 Å². The summed E-state index contributed by atoms with van der Waals surface area (Å²) in [6, 6.07) is 63.5. The molecule has 288 valence electrons. The van der Waals surface area contributed by atoms with E-state index in [0.29, 0.717) is 29.1 Å². The second-order valence-electron chi connectivity index (χ2n) is 15.0. The van der Waals surface area contributed by atoms with Crippen LogP contribution in [0.15, 0.2) is 199 Å². The van der Waals surface area contributed by atoms with Gasteiger partial charge < -0.3 is 4.42 Å². The first-order valence-corrected chi connectivity index (χ1v) is 20.2. The summed E-state index contributed by atoms with van der Waals surface area (Å²) in [6.45, 7) is 6.85. The van der Waals surface area contributed by atoms with Gasteiger partial charge in [0.1, 0.15) is 5.52 Å². The third-order valence-corrected chi connectivity index (χ3v) is 11.3. The fourth-order valence-corrected chi connectivity index (χ4v) is 8.35. The summed E-state index contributed by atoms with van der Waals surface area (Å²) in [7, 11) is 0. The minimum absolute atomic E-state index is 0.551. The van der Waals surface area contributed by atoms with Crippen molar-refractivity contribution < 1.29 is 4.42 Å². The fraction of sp³-hybridized carbons (Fsp3) is 0.0185. The van der Waals surface area contributed by atoms with E-state index in [4.69, 9.17) is 29.3 Å². The first-order valence-electron chi connectivity index (χ1n) is 20.2. The van der Waals surface area contributed by atoms with Crippen LogP contribution in [0.1, 0.15) is 16.8 Å². The number of pyridine rings is 1. The first-order chi connectivity index (χ1) is 30.1. The Labute approximate surface area is 352 Å². The van der Waals surface area contributed by atoms with Crippen LogP contribution in [0.2, 0.25) is 0 Å². The molecule has 7 aromatic carbocycles. The van der Waals surface area contributed by atoms with E-state index >= 15 is 0 Å². The van der Waals surface area contributed by atoms with Gasteiger partial charge in [-0.2, -0.15) is 9.97 Å². The van der Waals surface area contributed by atoms with Crippen molar-refractivity contribution in [2.24, 2.45) is 0 Å². The molecule has 0 saturated carbocycles. The number of rotatable bonds is 8. The Balaban J connectivity index is 1.05. The van der Waals surface area contributed by atoms with Crippen molar-refractivity contribution in [3.63, 3.8) is 0 Å². The molecule has 61 heavy (non-hydrogen) atoms. The molecule has 7 heteroatoms. The summed E-state index contributed by atoms with van der Waals surface area (Å²) < 4.78 is 8.58. The maximum atomic E-state index is 6.38. The smallest absolute Gasteiger partial charge is 0.238 e. The van der Waals surface area contributed by atoms with E-state index in [-0.39, 0.29) is 0 Å². The van der Waals surface area contributed by atoms with Gasteiger partial charge in [0, 0.05) is 38.6 Å². The Morgan fingerprint density at radius 3 is 1.85 bits per heavy atom. The molecule has 0 bridgehead atoms. The van der Waals surface area contributed by atoms with E-state index in [0.717, 1.165) is 88.8 Å². The van der Waals surface area contributed by atoms with Crippen LogP contribution in [-0.4, -0.2) is 29.5 Å². The van der Waals surface area contributed by atoms with E-state index in [1.165, 1.54) is 0 Å². The molecule has 0 radical (unpaired) electrons. The van der Waals surface area contributed by atoms with Gasteiger partial charge in [0.25, 0.3) is 0 Å². The molecule has 0 unspecified atom stereocenters. The SMILES string of the molecule is C=C(c1cccc(-c2cccc3nc(-c4ccccc4)oc23)n1)c1ccccc1-c1ccc2c3ccccc3n(-c3nc(-c4ccccc4)nc(-c4ccccc4)n3)c2c1C. The molecule has 0 spiro atoms. The topological polar surface area (TPSA) is 82.5 Å². The highest BCUT2D eigenvalue weighted by Gasteiger charge is 2.22. The Hall–Kier alpha value is -8.29. The Morgan fingerprint density at radius 2 is 1.11 bits per heavy atom. The van der Waals surface area contributed by atoms with Crippen LogP contribution in [0.3, 0.4) is 0 Å². The lowest BCUT2D eigenvalue weighted by atomic mass is 9.90. The highest BCUT2D eigenvalue weighted by Crippen LogP contribution is 2.41. The van der Waals surface area contributed by atoms with Gasteiger partial charge in [-0.3, -0.25) is 4.57 Å². The number of para-hydroxylation sites is 2. The zero-order chi connectivity index (χ0) is 40.9. The van der Waals surface area contributed by atoms with Crippen molar-refractivity contribution in [2.45, 2.75) is 6.92 Å². The summed E-state index contributed by atoms with van der Waals surface area (Å²) in [5.41, 5.74) is 13.7. The third kappa shape index (κ3) is 6.27. The summed E-state index contributed by atoms with van der Waals surface area (Å²) >= 11 is 0. The molecule has 4 aromatic heterocycles. The van der Waals surface area contributed by atoms with Crippen molar-refractivity contribution >= 4 is 38.5 Å². The molecular weight excluding hydrogens is 749 g/mol. The zero-order valence-electron chi connectivity index (χ0n) is 33.2. The number of aromatic nitrogens is 6. The van der Waals surface area contributed by atoms with Crippen LogP contribution < -0.4 is 0 Å². The first kappa shape index (κ1) is 35.8. The Morgan fingerprint density at radius 1 is 0.492 bits per heavy atom. The van der Waals surface area contributed by atoms with Crippen LogP contribution in [0.25, 0.3) is 101 Å². The fourth-order valence-electron chi connectivity index (χ4n) is 8.35. The van der Waals surface area contributed by atoms with Crippen LogP contribution in [0.5, 0.6) is 0 Å². The van der Waals surface area contributed by atoms with Crippen LogP contribution in [0, 0.1) is 6.92 Å². The van der Waals surface area contributed by atoms with Crippen molar-refractivity contribution in [1.82, 2.24) is 29.5 Å². The number of hydrogen-bond acceptors (Lipinski definition) is 6. The predicted octanol–water partition coefficient (Wildman–Crippen LogP) is 13.2. The molecule has 0 aliphatic heterocycles. The van der Waals surface area contributed by atoms with E-state index in [2.05, 4.69) is 78.7 Å². The highest BCUT2D eigenvalue weighted by atomic mass is 16.3. The van der Waals surface area contributed by atoms with Crippen molar-refractivity contribution in [3.05, 3.63) is 211 Å². The lowest BCUT2D eigenvalue weighted by Gasteiger charge is -2.17. The average Bonchev–Trinajstić information content (AvgIpc) is 3.93. The molecule has 0 amide bonds. The summed E-state index contributed by atoms with van der Waals surface area (Å²) in [4.78, 5) is 25.3. The number of fused-ring (bicyclic) bond motifs is 4. The number of benzene rings is 7. The van der Waals surface area contributed by atoms with Gasteiger partial charge in [0.05, 0.1) is 22.4 Å². The maximum absolute atomic E-state index is 6.38. The number of nitrogens with zero attached hydrogens (tertiary/aromatic N) is 6. The largest absolute Gasteiger partial charge is 0.435 e. The molecule has 0 aliphatic carbocycles. The van der Waals surface area contributed by atoms with Gasteiger partial charge in [0.2, 0.25) is 11.8 Å². The quantitative estimate of drug-likeness (QED) is 0.153. The molecule has 7 nitrogen and oxygen atoms in total. The van der Waals surface area contributed by atoms with Crippen molar-refractivity contribution in [3.8, 4) is 62.6 Å². The van der Waals surface area contributed by atoms with Crippen LogP contribution >= 0.6 is 0 Å². The molecule has 0 N–H and O–H groups in total. The van der Waals surface area contributed by atoms with Gasteiger partial charge in [0.15, 0.2) is 17.2 Å². The summed E-state index contributed by atoms with van der Waals surface area (Å²) in [6.07, 6.45) is 0. The lowest BCUT2D eigenvalue weighted by Crippen LogP contribution is -2.07. The van der Waals surface area contributed by atoms with E-state index in [1.807, 2.05) is 127 Å². The summed E-state index contributed by atoms with van der Waals surface area (Å²) in [5.74, 6) is 2.34. The second kappa shape index (κ2) is 14.8. The minimum atomic E-state index is 0.551. The average molecular weight is 785 g/mol. The molecule has 0 atom stereocenters. The zero-order valence-corrected chi connectivity index (χ0v) is 33.2. The van der Waals surface area contributed by atoms with E-state index in [1.54, 1.807) is 0 Å². The highest BCUT2D eigenvalue weighted by molar-refractivity contribution is 6.11. The van der Waals surface area contributed by atoms with Gasteiger partial charge in [-0.1, -0.05) is 152 Å². The molecule has 11 aromatic rings. The molecule has 0 aliphatic rings. The summed E-state index contributed by atoms with van der Waals surface area (Å²) in [5, 5.41) is 2.23. The number of oxazole rings is 1. The molecule has 0 saturated heterocycles. The van der Waals surface area contributed by atoms with Gasteiger partial charge >= 0.3 is 0 Å². The molecular formula is C54H36N6O. The Kier molecular flexibility index (Phi) is 8.71. The standard InChI is InChI=1S/C54H36N6O/c1-34(45-28-17-29-46(55-45)44-27-16-30-47-50(44)61-53(56-47)38-22-10-5-11-23-38)39-24-12-13-25-41(39)40-32-33-43-42-26-14-15-31-48(42)60(49(43)35(40)2)54-58-51(36-18-6-3-7-19-36)57-52(59-54)37-20-8-4-9-21-37/h3-33H,1H2,2H3. The van der Waals surface area contributed by atoms with E-state index in [9.17, 15) is 0 Å². The van der Waals surface area contributed by atoms with Gasteiger partial charge in [-0.15, -0.1) is 0 Å². The molecule has 11 rings (SSSR count). The Bertz CT molecular complexity index is 3390. The van der Waals surface area contributed by atoms with Crippen molar-refractivity contribution in [2.75, 3.05) is 0 Å². The third-order valence-electron chi connectivity index (χ3n) is 11.3. The van der Waals surface area contributed by atoms with Crippen LogP contribution in [0.4, 0.5) is 0 Å². The lowest BCUT2D eigenvalue weighted by molar-refractivity contribution is 0.620. The number of aryl methyl sites for hydroxylation is 1. The van der Waals surface area contributed by atoms with Crippen LogP contribution in [-0.2, 0) is 0 Å². The predicted molar refractivity (Wildman–Crippen MR) is 246 cm³/mol. The normalized spacial score (nSPS) is 11.4.